The Balaban J connectivity index is 2.22. The molecule has 2 aromatic carbocycles. The lowest BCUT2D eigenvalue weighted by atomic mass is 10.2. The van der Waals surface area contributed by atoms with Crippen molar-refractivity contribution < 1.29 is 9.47 Å². The summed E-state index contributed by atoms with van der Waals surface area (Å²) in [4.78, 5) is 1.07. The molecular formula is C15H16BrNO2S. The van der Waals surface area contributed by atoms with Crippen molar-refractivity contribution in [3.8, 4) is 11.5 Å². The monoisotopic (exact) mass is 353 g/mol. The Morgan fingerprint density at radius 2 is 1.80 bits per heavy atom. The van der Waals surface area contributed by atoms with Crippen molar-refractivity contribution in [1.29, 1.82) is 0 Å². The minimum atomic E-state index is 0.765. The molecule has 20 heavy (non-hydrogen) atoms. The number of ether oxygens (including phenoxy) is 2. The second-order valence-electron chi connectivity index (χ2n) is 4.13. The Hall–Kier alpha value is -1.33. The minimum absolute atomic E-state index is 0.765. The molecule has 0 spiro atoms. The molecule has 2 aromatic rings. The van der Waals surface area contributed by atoms with Crippen molar-refractivity contribution in [1.82, 2.24) is 0 Å². The SMILES string of the molecule is COc1cc(CSc2ccccc2N)c(OC)cc1Br. The Morgan fingerprint density at radius 3 is 2.45 bits per heavy atom. The Morgan fingerprint density at radius 1 is 1.10 bits per heavy atom. The van der Waals surface area contributed by atoms with Crippen LogP contribution in [0.25, 0.3) is 0 Å². The summed E-state index contributed by atoms with van der Waals surface area (Å²) in [5, 5.41) is 0. The van der Waals surface area contributed by atoms with E-state index in [0.717, 1.165) is 37.9 Å². The molecule has 0 saturated heterocycles. The summed E-state index contributed by atoms with van der Waals surface area (Å²) in [5.74, 6) is 2.39. The van der Waals surface area contributed by atoms with Gasteiger partial charge in [0.15, 0.2) is 0 Å². The van der Waals surface area contributed by atoms with E-state index < -0.39 is 0 Å². The molecule has 0 aliphatic heterocycles. The number of thioether (sulfide) groups is 1. The highest BCUT2D eigenvalue weighted by atomic mass is 79.9. The van der Waals surface area contributed by atoms with Crippen molar-refractivity contribution in [2.24, 2.45) is 0 Å². The molecule has 0 atom stereocenters. The van der Waals surface area contributed by atoms with Crippen LogP contribution in [-0.4, -0.2) is 14.2 Å². The van der Waals surface area contributed by atoms with E-state index in [1.54, 1.807) is 26.0 Å². The van der Waals surface area contributed by atoms with Crippen LogP contribution in [0.4, 0.5) is 5.69 Å². The maximum Gasteiger partial charge on any atom is 0.133 e. The van der Waals surface area contributed by atoms with Crippen molar-refractivity contribution in [3.63, 3.8) is 0 Å². The number of anilines is 1. The normalized spacial score (nSPS) is 10.3. The number of benzene rings is 2. The van der Waals surface area contributed by atoms with Crippen LogP contribution >= 0.6 is 27.7 Å². The van der Waals surface area contributed by atoms with Gasteiger partial charge in [-0.3, -0.25) is 0 Å². The fourth-order valence-electron chi connectivity index (χ4n) is 1.80. The number of hydrogen-bond donors (Lipinski definition) is 1. The highest BCUT2D eigenvalue weighted by Crippen LogP contribution is 2.36. The molecule has 0 fully saturated rings. The van der Waals surface area contributed by atoms with E-state index in [1.165, 1.54) is 0 Å². The molecule has 0 aromatic heterocycles. The summed E-state index contributed by atoms with van der Waals surface area (Å²) in [6, 6.07) is 11.7. The molecule has 0 heterocycles. The van der Waals surface area contributed by atoms with Crippen molar-refractivity contribution in [2.75, 3.05) is 20.0 Å². The van der Waals surface area contributed by atoms with Gasteiger partial charge in [-0.25, -0.2) is 0 Å². The minimum Gasteiger partial charge on any atom is -0.496 e. The van der Waals surface area contributed by atoms with Gasteiger partial charge in [0.25, 0.3) is 0 Å². The van der Waals surface area contributed by atoms with Gasteiger partial charge < -0.3 is 15.2 Å². The van der Waals surface area contributed by atoms with E-state index >= 15 is 0 Å². The molecule has 106 valence electrons. The van der Waals surface area contributed by atoms with E-state index in [-0.39, 0.29) is 0 Å². The number of nitrogens with two attached hydrogens (primary N) is 1. The lowest BCUT2D eigenvalue weighted by molar-refractivity contribution is 0.398. The van der Waals surface area contributed by atoms with Crippen LogP contribution in [0.5, 0.6) is 11.5 Å². The Kier molecular flexibility index (Phi) is 5.20. The van der Waals surface area contributed by atoms with Crippen molar-refractivity contribution in [3.05, 3.63) is 46.4 Å². The van der Waals surface area contributed by atoms with Crippen molar-refractivity contribution >= 4 is 33.4 Å². The van der Waals surface area contributed by atoms with Crippen LogP contribution in [0.2, 0.25) is 0 Å². The van der Waals surface area contributed by atoms with Crippen molar-refractivity contribution in [2.45, 2.75) is 10.6 Å². The summed E-state index contributed by atoms with van der Waals surface area (Å²) < 4.78 is 11.6. The molecule has 0 aliphatic rings. The molecule has 0 unspecified atom stereocenters. The van der Waals surface area contributed by atoms with E-state index in [1.807, 2.05) is 36.4 Å². The quantitative estimate of drug-likeness (QED) is 0.641. The average molecular weight is 354 g/mol. The lowest BCUT2D eigenvalue weighted by Gasteiger charge is -2.12. The average Bonchev–Trinajstić information content (AvgIpc) is 2.47. The predicted octanol–water partition coefficient (Wildman–Crippen LogP) is 4.34. The number of rotatable bonds is 5. The van der Waals surface area contributed by atoms with Gasteiger partial charge in [0.1, 0.15) is 11.5 Å². The summed E-state index contributed by atoms with van der Waals surface area (Å²) in [5.41, 5.74) is 7.81. The Labute approximate surface area is 131 Å². The summed E-state index contributed by atoms with van der Waals surface area (Å²) in [6.45, 7) is 0. The van der Waals surface area contributed by atoms with Gasteiger partial charge in [-0.2, -0.15) is 0 Å². The maximum absolute atomic E-state index is 5.95. The topological polar surface area (TPSA) is 44.5 Å². The van der Waals surface area contributed by atoms with Crippen LogP contribution in [0.3, 0.4) is 0 Å². The first kappa shape index (κ1) is 15.1. The first-order valence-corrected chi connectivity index (χ1v) is 7.81. The molecule has 2 N–H and O–H groups in total. The fraction of sp³-hybridized carbons (Fsp3) is 0.200. The van der Waals surface area contributed by atoms with Crippen LogP contribution in [0.1, 0.15) is 5.56 Å². The molecule has 2 rings (SSSR count). The molecular weight excluding hydrogens is 338 g/mol. The first-order chi connectivity index (χ1) is 9.65. The van der Waals surface area contributed by atoms with Gasteiger partial charge in [-0.05, 0) is 40.2 Å². The molecule has 0 aliphatic carbocycles. The van der Waals surface area contributed by atoms with Gasteiger partial charge in [-0.1, -0.05) is 12.1 Å². The van der Waals surface area contributed by atoms with Crippen LogP contribution < -0.4 is 15.2 Å². The molecule has 0 radical (unpaired) electrons. The van der Waals surface area contributed by atoms with Gasteiger partial charge >= 0.3 is 0 Å². The molecule has 0 saturated carbocycles. The Bertz CT molecular complexity index is 604. The molecule has 0 amide bonds. The van der Waals surface area contributed by atoms with E-state index in [0.29, 0.717) is 0 Å². The lowest BCUT2D eigenvalue weighted by Crippen LogP contribution is -1.94. The highest BCUT2D eigenvalue weighted by Gasteiger charge is 2.10. The number of methoxy groups -OCH3 is 2. The van der Waals surface area contributed by atoms with Gasteiger partial charge in [0.2, 0.25) is 0 Å². The zero-order chi connectivity index (χ0) is 14.5. The van der Waals surface area contributed by atoms with Crippen LogP contribution in [0, 0.1) is 0 Å². The van der Waals surface area contributed by atoms with E-state index in [4.69, 9.17) is 15.2 Å². The smallest absolute Gasteiger partial charge is 0.133 e. The maximum atomic E-state index is 5.95. The highest BCUT2D eigenvalue weighted by molar-refractivity contribution is 9.10. The van der Waals surface area contributed by atoms with E-state index in [2.05, 4.69) is 15.9 Å². The second-order valence-corrected chi connectivity index (χ2v) is 6.00. The predicted molar refractivity (Wildman–Crippen MR) is 87.7 cm³/mol. The number of halogens is 1. The molecule has 5 heteroatoms. The fourth-order valence-corrected chi connectivity index (χ4v) is 3.23. The number of hydrogen-bond acceptors (Lipinski definition) is 4. The summed E-state index contributed by atoms with van der Waals surface area (Å²) in [6.07, 6.45) is 0. The standard InChI is InChI=1S/C15H16BrNO2S/c1-18-13-8-11(16)14(19-2)7-10(13)9-20-15-6-4-3-5-12(15)17/h3-8H,9,17H2,1-2H3. The zero-order valence-electron chi connectivity index (χ0n) is 11.4. The largest absolute Gasteiger partial charge is 0.496 e. The van der Waals surface area contributed by atoms with Gasteiger partial charge in [-0.15, -0.1) is 11.8 Å². The van der Waals surface area contributed by atoms with Gasteiger partial charge in [0, 0.05) is 21.9 Å². The third-order valence-corrected chi connectivity index (χ3v) is 4.61. The molecule has 3 nitrogen and oxygen atoms in total. The number of para-hydroxylation sites is 1. The zero-order valence-corrected chi connectivity index (χ0v) is 13.8. The second kappa shape index (κ2) is 6.90. The third-order valence-electron chi connectivity index (χ3n) is 2.86. The van der Waals surface area contributed by atoms with Crippen LogP contribution in [-0.2, 0) is 5.75 Å². The third kappa shape index (κ3) is 3.41. The van der Waals surface area contributed by atoms with Crippen LogP contribution in [0.15, 0.2) is 45.8 Å². The summed E-state index contributed by atoms with van der Waals surface area (Å²) >= 11 is 5.14. The number of nitrogen functional groups attached to an aromatic ring is 1. The first-order valence-electron chi connectivity index (χ1n) is 6.03. The van der Waals surface area contributed by atoms with E-state index in [9.17, 15) is 0 Å². The summed E-state index contributed by atoms with van der Waals surface area (Å²) in [7, 11) is 3.32. The molecule has 0 bridgehead atoms. The van der Waals surface area contributed by atoms with Gasteiger partial charge in [0.05, 0.1) is 18.7 Å².